The number of rotatable bonds is 2. The summed E-state index contributed by atoms with van der Waals surface area (Å²) in [4.78, 5) is 2.63. The fourth-order valence-electron chi connectivity index (χ4n) is 4.23. The van der Waals surface area contributed by atoms with Crippen LogP contribution in [0, 0.1) is 5.92 Å². The Labute approximate surface area is 118 Å². The van der Waals surface area contributed by atoms with Gasteiger partial charge in [-0.05, 0) is 45.4 Å². The van der Waals surface area contributed by atoms with Gasteiger partial charge < -0.3 is 10.1 Å². The Balaban J connectivity index is 1.52. The SMILES string of the molecule is CC1CN(CC2CCC3CCCCC3N2)C(C)CO1. The van der Waals surface area contributed by atoms with E-state index in [9.17, 15) is 0 Å². The van der Waals surface area contributed by atoms with Crippen LogP contribution in [0.2, 0.25) is 0 Å². The molecule has 0 bridgehead atoms. The fraction of sp³-hybridized carbons (Fsp3) is 1.00. The molecule has 19 heavy (non-hydrogen) atoms. The van der Waals surface area contributed by atoms with Crippen LogP contribution >= 0.6 is 0 Å². The highest BCUT2D eigenvalue weighted by Gasteiger charge is 2.33. The standard InChI is InChI=1S/C16H30N2O/c1-12-11-19-13(2)9-18(12)10-15-8-7-14-5-3-4-6-16(14)17-15/h12-17H,3-11H2,1-2H3. The van der Waals surface area contributed by atoms with Gasteiger partial charge in [0.25, 0.3) is 0 Å². The number of piperidine rings is 1. The smallest absolute Gasteiger partial charge is 0.0674 e. The molecule has 2 heterocycles. The molecule has 2 aliphatic heterocycles. The maximum atomic E-state index is 5.73. The average molecular weight is 266 g/mol. The van der Waals surface area contributed by atoms with E-state index < -0.39 is 0 Å². The predicted octanol–water partition coefficient (Wildman–Crippen LogP) is 2.41. The Kier molecular flexibility index (Phi) is 4.45. The van der Waals surface area contributed by atoms with Gasteiger partial charge in [0.15, 0.2) is 0 Å². The van der Waals surface area contributed by atoms with Crippen LogP contribution in [0.1, 0.15) is 52.4 Å². The number of nitrogens with zero attached hydrogens (tertiary/aromatic N) is 1. The van der Waals surface area contributed by atoms with E-state index >= 15 is 0 Å². The van der Waals surface area contributed by atoms with Crippen molar-refractivity contribution in [2.24, 2.45) is 5.92 Å². The van der Waals surface area contributed by atoms with Gasteiger partial charge in [0, 0.05) is 31.2 Å². The van der Waals surface area contributed by atoms with Crippen LogP contribution in [-0.4, -0.2) is 48.8 Å². The number of hydrogen-bond acceptors (Lipinski definition) is 3. The highest BCUT2D eigenvalue weighted by atomic mass is 16.5. The van der Waals surface area contributed by atoms with E-state index in [1.165, 1.54) is 45.1 Å². The summed E-state index contributed by atoms with van der Waals surface area (Å²) >= 11 is 0. The number of ether oxygens (including phenoxy) is 1. The number of hydrogen-bond donors (Lipinski definition) is 1. The van der Waals surface area contributed by atoms with Crippen molar-refractivity contribution in [2.75, 3.05) is 19.7 Å². The molecule has 1 saturated carbocycles. The summed E-state index contributed by atoms with van der Waals surface area (Å²) < 4.78 is 5.73. The first-order chi connectivity index (χ1) is 9.22. The summed E-state index contributed by atoms with van der Waals surface area (Å²) in [5, 5.41) is 3.96. The van der Waals surface area contributed by atoms with Crippen molar-refractivity contribution >= 4 is 0 Å². The molecule has 0 aromatic rings. The lowest BCUT2D eigenvalue weighted by Crippen LogP contribution is -2.56. The van der Waals surface area contributed by atoms with Crippen LogP contribution in [0.4, 0.5) is 0 Å². The lowest BCUT2D eigenvalue weighted by atomic mass is 9.77. The van der Waals surface area contributed by atoms with Crippen LogP contribution in [0.15, 0.2) is 0 Å². The molecule has 3 aliphatic rings. The van der Waals surface area contributed by atoms with Crippen LogP contribution in [0.25, 0.3) is 0 Å². The molecule has 0 radical (unpaired) electrons. The second kappa shape index (κ2) is 6.11. The minimum atomic E-state index is 0.405. The third kappa shape index (κ3) is 3.32. The van der Waals surface area contributed by atoms with Crippen molar-refractivity contribution in [3.63, 3.8) is 0 Å². The van der Waals surface area contributed by atoms with E-state index in [-0.39, 0.29) is 0 Å². The predicted molar refractivity (Wildman–Crippen MR) is 78.4 cm³/mol. The Bertz CT molecular complexity index is 296. The summed E-state index contributed by atoms with van der Waals surface area (Å²) in [6.45, 7) is 7.73. The molecular formula is C16H30N2O. The van der Waals surface area contributed by atoms with Crippen LogP contribution in [0.5, 0.6) is 0 Å². The van der Waals surface area contributed by atoms with Crippen molar-refractivity contribution in [2.45, 2.75) is 76.6 Å². The normalized spacial score (nSPS) is 44.8. The van der Waals surface area contributed by atoms with E-state index in [0.29, 0.717) is 18.2 Å². The minimum Gasteiger partial charge on any atom is -0.376 e. The van der Waals surface area contributed by atoms with E-state index in [4.69, 9.17) is 4.74 Å². The van der Waals surface area contributed by atoms with Crippen molar-refractivity contribution < 1.29 is 4.74 Å². The van der Waals surface area contributed by atoms with Crippen molar-refractivity contribution in [1.82, 2.24) is 10.2 Å². The minimum absolute atomic E-state index is 0.405. The van der Waals surface area contributed by atoms with Crippen LogP contribution in [0.3, 0.4) is 0 Å². The lowest BCUT2D eigenvalue weighted by molar-refractivity contribution is -0.0543. The molecule has 1 aliphatic carbocycles. The summed E-state index contributed by atoms with van der Waals surface area (Å²) in [5.74, 6) is 0.978. The molecule has 0 amide bonds. The summed E-state index contributed by atoms with van der Waals surface area (Å²) in [5.41, 5.74) is 0. The third-order valence-corrected chi connectivity index (χ3v) is 5.44. The van der Waals surface area contributed by atoms with Gasteiger partial charge >= 0.3 is 0 Å². The average Bonchev–Trinajstić information content (AvgIpc) is 2.43. The Morgan fingerprint density at radius 2 is 1.95 bits per heavy atom. The molecule has 110 valence electrons. The molecule has 5 atom stereocenters. The first-order valence-corrected chi connectivity index (χ1v) is 8.34. The number of morpholine rings is 1. The van der Waals surface area contributed by atoms with Gasteiger partial charge in [-0.3, -0.25) is 4.90 Å². The first-order valence-electron chi connectivity index (χ1n) is 8.34. The Morgan fingerprint density at radius 1 is 1.11 bits per heavy atom. The van der Waals surface area contributed by atoms with E-state index in [1.807, 2.05) is 0 Å². The summed E-state index contributed by atoms with van der Waals surface area (Å²) in [6.07, 6.45) is 9.02. The second-order valence-electron chi connectivity index (χ2n) is 7.04. The molecule has 2 saturated heterocycles. The van der Waals surface area contributed by atoms with Gasteiger partial charge in [-0.15, -0.1) is 0 Å². The van der Waals surface area contributed by atoms with Gasteiger partial charge in [0.05, 0.1) is 12.7 Å². The van der Waals surface area contributed by atoms with Gasteiger partial charge in [-0.25, -0.2) is 0 Å². The zero-order chi connectivity index (χ0) is 13.2. The molecule has 0 spiro atoms. The zero-order valence-electron chi connectivity index (χ0n) is 12.6. The molecule has 0 aromatic carbocycles. The monoisotopic (exact) mass is 266 g/mol. The molecule has 3 fully saturated rings. The molecule has 3 nitrogen and oxygen atoms in total. The maximum absolute atomic E-state index is 5.73. The van der Waals surface area contributed by atoms with Crippen LogP contribution < -0.4 is 5.32 Å². The molecule has 0 aromatic heterocycles. The second-order valence-corrected chi connectivity index (χ2v) is 7.04. The van der Waals surface area contributed by atoms with Crippen molar-refractivity contribution in [3.8, 4) is 0 Å². The molecular weight excluding hydrogens is 236 g/mol. The van der Waals surface area contributed by atoms with Gasteiger partial charge in [-0.1, -0.05) is 12.8 Å². The van der Waals surface area contributed by atoms with Gasteiger partial charge in [0.2, 0.25) is 0 Å². The number of nitrogens with one attached hydrogen (secondary N) is 1. The van der Waals surface area contributed by atoms with Gasteiger partial charge in [0.1, 0.15) is 0 Å². The van der Waals surface area contributed by atoms with Crippen LogP contribution in [-0.2, 0) is 4.74 Å². The first kappa shape index (κ1) is 13.8. The van der Waals surface area contributed by atoms with E-state index in [1.54, 1.807) is 0 Å². The van der Waals surface area contributed by atoms with Crippen molar-refractivity contribution in [3.05, 3.63) is 0 Å². The zero-order valence-corrected chi connectivity index (χ0v) is 12.6. The molecule has 1 N–H and O–H groups in total. The van der Waals surface area contributed by atoms with E-state index in [0.717, 1.165) is 25.1 Å². The highest BCUT2D eigenvalue weighted by Crippen LogP contribution is 2.32. The highest BCUT2D eigenvalue weighted by molar-refractivity contribution is 4.91. The van der Waals surface area contributed by atoms with E-state index in [2.05, 4.69) is 24.1 Å². The number of fused-ring (bicyclic) bond motifs is 1. The Hall–Kier alpha value is -0.120. The summed E-state index contributed by atoms with van der Waals surface area (Å²) in [7, 11) is 0. The fourth-order valence-corrected chi connectivity index (χ4v) is 4.23. The van der Waals surface area contributed by atoms with Crippen molar-refractivity contribution in [1.29, 1.82) is 0 Å². The summed E-state index contributed by atoms with van der Waals surface area (Å²) in [6, 6.07) is 2.12. The maximum Gasteiger partial charge on any atom is 0.0674 e. The topological polar surface area (TPSA) is 24.5 Å². The Morgan fingerprint density at radius 3 is 2.84 bits per heavy atom. The molecule has 3 rings (SSSR count). The quantitative estimate of drug-likeness (QED) is 0.830. The van der Waals surface area contributed by atoms with Gasteiger partial charge in [-0.2, -0.15) is 0 Å². The molecule has 5 unspecified atom stereocenters. The lowest BCUT2D eigenvalue weighted by Gasteiger charge is -2.44. The molecule has 3 heteroatoms. The largest absolute Gasteiger partial charge is 0.376 e. The third-order valence-electron chi connectivity index (χ3n) is 5.44.